The molecular formula is C36H37ClN4O8. The maximum Gasteiger partial charge on any atom is 0.337 e. The second-order valence-electron chi connectivity index (χ2n) is 10.9. The number of nitrogens with zero attached hydrogens (tertiary/aromatic N) is 1. The van der Waals surface area contributed by atoms with E-state index >= 15 is 0 Å². The number of fused-ring (bicyclic) bond motifs is 1. The number of hydrogen-bond acceptors (Lipinski definition) is 10. The Morgan fingerprint density at radius 3 is 2.55 bits per heavy atom. The van der Waals surface area contributed by atoms with Crippen LogP contribution in [0.1, 0.15) is 36.6 Å². The van der Waals surface area contributed by atoms with Crippen molar-refractivity contribution in [2.75, 3.05) is 27.4 Å². The smallest absolute Gasteiger partial charge is 0.337 e. The fraction of sp³-hybridized carbons (Fsp3) is 0.250. The molecule has 0 aliphatic carbocycles. The van der Waals surface area contributed by atoms with E-state index in [1.165, 1.54) is 20.4 Å². The van der Waals surface area contributed by atoms with Crippen LogP contribution in [0, 0.1) is 0 Å². The highest BCUT2D eigenvalue weighted by Crippen LogP contribution is 2.37. The highest BCUT2D eigenvalue weighted by Gasteiger charge is 2.32. The van der Waals surface area contributed by atoms with Gasteiger partial charge in [-0.05, 0) is 71.6 Å². The van der Waals surface area contributed by atoms with E-state index in [4.69, 9.17) is 35.3 Å². The third-order valence-corrected chi connectivity index (χ3v) is 7.84. The number of amides is 2. The molecule has 256 valence electrons. The summed E-state index contributed by atoms with van der Waals surface area (Å²) in [5.41, 5.74) is 5.43. The third kappa shape index (κ3) is 8.53. The molecule has 0 fully saturated rings. The van der Waals surface area contributed by atoms with E-state index in [0.717, 1.165) is 16.3 Å². The summed E-state index contributed by atoms with van der Waals surface area (Å²) in [7, 11) is 2.80. The van der Waals surface area contributed by atoms with Gasteiger partial charge in [-0.3, -0.25) is 5.43 Å². The molecule has 2 atom stereocenters. The van der Waals surface area contributed by atoms with Crippen molar-refractivity contribution >= 4 is 40.6 Å². The Morgan fingerprint density at radius 1 is 1.00 bits per heavy atom. The van der Waals surface area contributed by atoms with Crippen LogP contribution < -0.4 is 35.0 Å². The average molecular weight is 689 g/mol. The lowest BCUT2D eigenvalue weighted by atomic mass is 9.95. The van der Waals surface area contributed by atoms with Crippen LogP contribution in [-0.4, -0.2) is 57.0 Å². The van der Waals surface area contributed by atoms with Crippen LogP contribution >= 0.6 is 11.6 Å². The molecule has 4 N–H and O–H groups in total. The van der Waals surface area contributed by atoms with E-state index in [9.17, 15) is 14.7 Å². The number of ether oxygens (including phenoxy) is 5. The first-order chi connectivity index (χ1) is 23.7. The number of carbonyl (C=O) groups is 2. The Balaban J connectivity index is 1.20. The number of aliphatic hydroxyl groups excluding tert-OH is 1. The van der Waals surface area contributed by atoms with Crippen molar-refractivity contribution in [3.63, 3.8) is 0 Å². The Hall–Kier alpha value is -5.46. The molecular weight excluding hydrogens is 652 g/mol. The first-order valence-corrected chi connectivity index (χ1v) is 15.8. The minimum atomic E-state index is -1.19. The third-order valence-electron chi connectivity index (χ3n) is 7.56. The van der Waals surface area contributed by atoms with E-state index in [-0.39, 0.29) is 12.2 Å². The zero-order valence-corrected chi connectivity index (χ0v) is 28.2. The molecule has 0 spiro atoms. The van der Waals surface area contributed by atoms with Gasteiger partial charge in [0.15, 0.2) is 29.2 Å². The standard InChI is InChI=1S/C36H37ClN4O8/c1-5-47-29-17-26(33-32(35(43)46-4)21(2)39-36(44)40-33)12-13-28(29)48-20-31(42)41-38-18-23-15-27(37)34(30(16-23)45-3)49-19-22-10-11-24-8-6-7-9-25(24)14-22/h6-18,31,33,41-42H,5,19-20H2,1-4H3,(H2,39,40,44)/b38-18-/t31-,33+/m1/s1. The molecule has 4 aromatic rings. The molecule has 0 saturated heterocycles. The number of benzene rings is 4. The van der Waals surface area contributed by atoms with Gasteiger partial charge in [-0.25, -0.2) is 9.59 Å². The maximum atomic E-state index is 12.5. The SMILES string of the molecule is CCOc1cc([C@@H]2NC(=O)NC(C)=C2C(=O)OC)ccc1OC[C@@H](O)N/N=C\c1cc(Cl)c(OCc2ccc3ccccc3c2)c(OC)c1. The van der Waals surface area contributed by atoms with E-state index in [1.807, 2.05) is 37.3 Å². The second kappa shape index (κ2) is 16.1. The number of halogens is 1. The molecule has 5 rings (SSSR count). The van der Waals surface area contributed by atoms with E-state index in [2.05, 4.69) is 33.3 Å². The zero-order chi connectivity index (χ0) is 34.9. The lowest BCUT2D eigenvalue weighted by Gasteiger charge is -2.28. The lowest BCUT2D eigenvalue weighted by Crippen LogP contribution is -2.45. The summed E-state index contributed by atoms with van der Waals surface area (Å²) in [6, 6.07) is 21.4. The number of urea groups is 1. The Morgan fingerprint density at radius 2 is 1.80 bits per heavy atom. The van der Waals surface area contributed by atoms with Crippen molar-refractivity contribution in [1.29, 1.82) is 0 Å². The summed E-state index contributed by atoms with van der Waals surface area (Å²) in [6.45, 7) is 3.87. The van der Waals surface area contributed by atoms with Crippen LogP contribution in [0.4, 0.5) is 4.79 Å². The molecule has 0 saturated carbocycles. The van der Waals surface area contributed by atoms with Gasteiger partial charge >= 0.3 is 12.0 Å². The van der Waals surface area contributed by atoms with Crippen molar-refractivity contribution in [2.24, 2.45) is 5.10 Å². The van der Waals surface area contributed by atoms with Crippen molar-refractivity contribution < 1.29 is 38.4 Å². The van der Waals surface area contributed by atoms with Gasteiger partial charge in [0, 0.05) is 5.70 Å². The van der Waals surface area contributed by atoms with Crippen LogP contribution in [0.25, 0.3) is 10.8 Å². The number of methoxy groups -OCH3 is 2. The number of esters is 1. The molecule has 0 radical (unpaired) electrons. The predicted octanol–water partition coefficient (Wildman–Crippen LogP) is 5.60. The molecule has 0 unspecified atom stereocenters. The molecule has 1 heterocycles. The summed E-state index contributed by atoms with van der Waals surface area (Å²) < 4.78 is 28.1. The number of carbonyl (C=O) groups excluding carboxylic acids is 2. The Bertz CT molecular complexity index is 1900. The minimum Gasteiger partial charge on any atom is -0.493 e. The molecule has 1 aliphatic heterocycles. The maximum absolute atomic E-state index is 12.5. The molecule has 0 aromatic heterocycles. The van der Waals surface area contributed by atoms with Crippen molar-refractivity contribution in [2.45, 2.75) is 32.7 Å². The summed E-state index contributed by atoms with van der Waals surface area (Å²) in [5.74, 6) is 0.952. The minimum absolute atomic E-state index is 0.182. The lowest BCUT2D eigenvalue weighted by molar-refractivity contribution is -0.136. The van der Waals surface area contributed by atoms with E-state index < -0.39 is 24.3 Å². The quantitative estimate of drug-likeness (QED) is 0.0575. The molecule has 49 heavy (non-hydrogen) atoms. The first kappa shape index (κ1) is 34.9. The molecule has 4 aromatic carbocycles. The second-order valence-corrected chi connectivity index (χ2v) is 11.3. The number of aliphatic hydroxyl groups is 1. The summed E-state index contributed by atoms with van der Waals surface area (Å²) in [5, 5.41) is 22.6. The predicted molar refractivity (Wildman–Crippen MR) is 185 cm³/mol. The van der Waals surface area contributed by atoms with Crippen molar-refractivity contribution in [3.05, 3.63) is 106 Å². The fourth-order valence-electron chi connectivity index (χ4n) is 5.26. The van der Waals surface area contributed by atoms with Crippen molar-refractivity contribution in [3.8, 4) is 23.0 Å². The monoisotopic (exact) mass is 688 g/mol. The van der Waals surface area contributed by atoms with Gasteiger partial charge in [-0.15, -0.1) is 0 Å². The van der Waals surface area contributed by atoms with E-state index in [1.54, 1.807) is 37.3 Å². The topological polar surface area (TPSA) is 149 Å². The van der Waals surface area contributed by atoms with Crippen molar-refractivity contribution in [1.82, 2.24) is 16.1 Å². The normalized spacial score (nSPS) is 15.0. The number of hydrazone groups is 1. The highest BCUT2D eigenvalue weighted by molar-refractivity contribution is 6.32. The number of hydrogen-bond donors (Lipinski definition) is 4. The van der Waals surface area contributed by atoms with Gasteiger partial charge in [-0.2, -0.15) is 5.10 Å². The summed E-state index contributed by atoms with van der Waals surface area (Å²) in [6.07, 6.45) is 0.292. The number of nitrogens with one attached hydrogen (secondary N) is 3. The molecule has 1 aliphatic rings. The molecule has 12 nitrogen and oxygen atoms in total. The largest absolute Gasteiger partial charge is 0.493 e. The Labute approximate surface area is 288 Å². The fourth-order valence-corrected chi connectivity index (χ4v) is 5.53. The van der Waals surface area contributed by atoms with Crippen LogP contribution in [0.2, 0.25) is 5.02 Å². The molecule has 13 heteroatoms. The zero-order valence-electron chi connectivity index (χ0n) is 27.4. The Kier molecular flexibility index (Phi) is 11.4. The van der Waals surface area contributed by atoms with Crippen LogP contribution in [0.5, 0.6) is 23.0 Å². The van der Waals surface area contributed by atoms with Gasteiger partial charge in [-0.1, -0.05) is 54.1 Å². The van der Waals surface area contributed by atoms with Gasteiger partial charge in [0.25, 0.3) is 0 Å². The summed E-state index contributed by atoms with van der Waals surface area (Å²) >= 11 is 6.56. The average Bonchev–Trinajstić information content (AvgIpc) is 3.09. The van der Waals surface area contributed by atoms with Gasteiger partial charge in [0.05, 0.1) is 43.7 Å². The number of allylic oxidation sites excluding steroid dienone is 1. The van der Waals surface area contributed by atoms with Gasteiger partial charge in [0.1, 0.15) is 13.2 Å². The van der Waals surface area contributed by atoms with Gasteiger partial charge in [0.2, 0.25) is 0 Å². The van der Waals surface area contributed by atoms with E-state index in [0.29, 0.717) is 58.1 Å². The van der Waals surface area contributed by atoms with Crippen LogP contribution in [-0.2, 0) is 16.1 Å². The van der Waals surface area contributed by atoms with Gasteiger partial charge < -0.3 is 39.4 Å². The highest BCUT2D eigenvalue weighted by atomic mass is 35.5. The number of rotatable bonds is 14. The first-order valence-electron chi connectivity index (χ1n) is 15.4. The van der Waals surface area contributed by atoms with Crippen LogP contribution in [0.3, 0.4) is 0 Å². The molecule has 0 bridgehead atoms. The molecule has 2 amide bonds. The van der Waals surface area contributed by atoms with Crippen LogP contribution in [0.15, 0.2) is 89.2 Å². The summed E-state index contributed by atoms with van der Waals surface area (Å²) in [4.78, 5) is 24.7.